The zero-order valence-electron chi connectivity index (χ0n) is 11.1. The van der Waals surface area contributed by atoms with Gasteiger partial charge in [0, 0.05) is 18.6 Å². The first-order valence-electron chi connectivity index (χ1n) is 7.38. The number of nitrogens with zero attached hydrogens (tertiary/aromatic N) is 1. The summed E-state index contributed by atoms with van der Waals surface area (Å²) in [7, 11) is 0. The maximum atomic E-state index is 5.77. The van der Waals surface area contributed by atoms with Crippen LogP contribution in [0.5, 0.6) is 0 Å². The molecule has 2 N–H and O–H groups in total. The van der Waals surface area contributed by atoms with E-state index >= 15 is 0 Å². The Bertz CT molecular complexity index is 376. The van der Waals surface area contributed by atoms with E-state index in [1.165, 1.54) is 37.7 Å². The second-order valence-electron chi connectivity index (χ2n) is 5.87. The number of piperidine rings is 1. The summed E-state index contributed by atoms with van der Waals surface area (Å²) in [5, 5.41) is 0. The quantitative estimate of drug-likeness (QED) is 0.882. The summed E-state index contributed by atoms with van der Waals surface area (Å²) >= 11 is 0. The molecule has 2 fully saturated rings. The Balaban J connectivity index is 1.71. The third-order valence-electron chi connectivity index (χ3n) is 4.85. The van der Waals surface area contributed by atoms with Crippen molar-refractivity contribution in [3.8, 4) is 0 Å². The van der Waals surface area contributed by atoms with Crippen molar-refractivity contribution in [3.05, 3.63) is 35.9 Å². The lowest BCUT2D eigenvalue weighted by molar-refractivity contribution is 0.0805. The molecule has 1 aromatic carbocycles. The third-order valence-corrected chi connectivity index (χ3v) is 4.85. The van der Waals surface area contributed by atoms with E-state index in [0.29, 0.717) is 0 Å². The van der Waals surface area contributed by atoms with E-state index < -0.39 is 0 Å². The van der Waals surface area contributed by atoms with Crippen LogP contribution >= 0.6 is 0 Å². The van der Waals surface area contributed by atoms with Crippen LogP contribution in [0.3, 0.4) is 0 Å². The van der Waals surface area contributed by atoms with E-state index in [4.69, 9.17) is 5.73 Å². The fourth-order valence-corrected chi connectivity index (χ4v) is 3.97. The Morgan fingerprint density at radius 3 is 2.61 bits per heavy atom. The van der Waals surface area contributed by atoms with Gasteiger partial charge in [0.15, 0.2) is 0 Å². The Morgan fingerprint density at radius 2 is 1.83 bits per heavy atom. The Morgan fingerprint density at radius 1 is 1.06 bits per heavy atom. The first-order chi connectivity index (χ1) is 8.88. The topological polar surface area (TPSA) is 29.3 Å². The highest BCUT2D eigenvalue weighted by molar-refractivity contribution is 5.15. The van der Waals surface area contributed by atoms with Crippen LogP contribution in [0, 0.1) is 5.92 Å². The first-order valence-corrected chi connectivity index (χ1v) is 7.38. The smallest absolute Gasteiger partial charge is 0.0239 e. The lowest BCUT2D eigenvalue weighted by atomic mass is 9.87. The Hall–Kier alpha value is -0.860. The van der Waals surface area contributed by atoms with Gasteiger partial charge in [0.1, 0.15) is 0 Å². The number of rotatable bonds is 4. The standard InChI is InChI=1S/C16H24N2/c17-11-10-14-6-7-15-8-9-16(14)18(15)12-13-4-2-1-3-5-13/h1-5,14-16H,6-12,17H2. The average Bonchev–Trinajstić information content (AvgIpc) is 2.67. The number of benzene rings is 1. The molecule has 1 aromatic rings. The third kappa shape index (κ3) is 2.32. The second kappa shape index (κ2) is 5.41. The molecular weight excluding hydrogens is 220 g/mol. The van der Waals surface area contributed by atoms with Crippen LogP contribution in [-0.2, 0) is 6.54 Å². The van der Waals surface area contributed by atoms with Crippen LogP contribution in [0.2, 0.25) is 0 Å². The molecule has 2 heterocycles. The van der Waals surface area contributed by atoms with Gasteiger partial charge in [-0.05, 0) is 50.1 Å². The first kappa shape index (κ1) is 12.2. The minimum absolute atomic E-state index is 0.799. The number of nitrogens with two attached hydrogens (primary N) is 1. The molecule has 98 valence electrons. The molecule has 0 aliphatic carbocycles. The largest absolute Gasteiger partial charge is 0.330 e. The summed E-state index contributed by atoms with van der Waals surface area (Å²) in [4.78, 5) is 2.76. The molecule has 2 aliphatic rings. The summed E-state index contributed by atoms with van der Waals surface area (Å²) in [5.41, 5.74) is 7.23. The van der Waals surface area contributed by atoms with Crippen molar-refractivity contribution in [2.45, 2.75) is 50.7 Å². The SMILES string of the molecule is NCCC1CCC2CCC1N2Cc1ccccc1. The summed E-state index contributed by atoms with van der Waals surface area (Å²) < 4.78 is 0. The predicted octanol–water partition coefficient (Wildman–Crippen LogP) is 2.78. The molecule has 2 saturated heterocycles. The van der Waals surface area contributed by atoms with Crippen molar-refractivity contribution in [2.75, 3.05) is 6.54 Å². The molecular formula is C16H24N2. The van der Waals surface area contributed by atoms with Crippen molar-refractivity contribution in [3.63, 3.8) is 0 Å². The monoisotopic (exact) mass is 244 g/mol. The van der Waals surface area contributed by atoms with Gasteiger partial charge in [-0.1, -0.05) is 30.3 Å². The summed E-state index contributed by atoms with van der Waals surface area (Å²) in [6.45, 7) is 1.99. The molecule has 18 heavy (non-hydrogen) atoms. The minimum Gasteiger partial charge on any atom is -0.330 e. The number of fused-ring (bicyclic) bond motifs is 2. The van der Waals surface area contributed by atoms with Crippen LogP contribution in [0.1, 0.15) is 37.7 Å². The van der Waals surface area contributed by atoms with E-state index in [-0.39, 0.29) is 0 Å². The molecule has 0 saturated carbocycles. The highest BCUT2D eigenvalue weighted by Crippen LogP contribution is 2.41. The van der Waals surface area contributed by atoms with Gasteiger partial charge < -0.3 is 5.73 Å². The van der Waals surface area contributed by atoms with Crippen LogP contribution in [-0.4, -0.2) is 23.5 Å². The molecule has 0 spiro atoms. The fourth-order valence-electron chi connectivity index (χ4n) is 3.97. The lowest BCUT2D eigenvalue weighted by Crippen LogP contribution is -2.44. The minimum atomic E-state index is 0.799. The average molecular weight is 244 g/mol. The van der Waals surface area contributed by atoms with E-state index in [1.54, 1.807) is 0 Å². The van der Waals surface area contributed by atoms with Crippen molar-refractivity contribution >= 4 is 0 Å². The van der Waals surface area contributed by atoms with Crippen molar-refractivity contribution < 1.29 is 0 Å². The maximum absolute atomic E-state index is 5.77. The van der Waals surface area contributed by atoms with Crippen molar-refractivity contribution in [2.24, 2.45) is 11.7 Å². The van der Waals surface area contributed by atoms with Crippen molar-refractivity contribution in [1.29, 1.82) is 0 Å². The van der Waals surface area contributed by atoms with Gasteiger partial charge in [-0.25, -0.2) is 0 Å². The highest BCUT2D eigenvalue weighted by Gasteiger charge is 2.41. The van der Waals surface area contributed by atoms with Crippen LogP contribution in [0.4, 0.5) is 0 Å². The van der Waals surface area contributed by atoms with E-state index in [1.807, 2.05) is 0 Å². The Labute approximate surface area is 110 Å². The lowest BCUT2D eigenvalue weighted by Gasteiger charge is -2.40. The molecule has 2 bridgehead atoms. The number of hydrogen-bond donors (Lipinski definition) is 1. The molecule has 2 nitrogen and oxygen atoms in total. The normalized spacial score (nSPS) is 31.7. The molecule has 3 atom stereocenters. The fraction of sp³-hybridized carbons (Fsp3) is 0.625. The van der Waals surface area contributed by atoms with E-state index in [0.717, 1.165) is 31.1 Å². The van der Waals surface area contributed by atoms with Crippen molar-refractivity contribution in [1.82, 2.24) is 4.90 Å². The summed E-state index contributed by atoms with van der Waals surface area (Å²) in [6.07, 6.45) is 6.79. The molecule has 3 unspecified atom stereocenters. The highest BCUT2D eigenvalue weighted by atomic mass is 15.2. The maximum Gasteiger partial charge on any atom is 0.0239 e. The second-order valence-corrected chi connectivity index (χ2v) is 5.87. The molecule has 3 rings (SSSR count). The predicted molar refractivity (Wildman–Crippen MR) is 75.2 cm³/mol. The van der Waals surface area contributed by atoms with Crippen LogP contribution < -0.4 is 5.73 Å². The van der Waals surface area contributed by atoms with Gasteiger partial charge in [0.25, 0.3) is 0 Å². The molecule has 2 heteroatoms. The molecule has 0 amide bonds. The zero-order chi connectivity index (χ0) is 12.4. The summed E-state index contributed by atoms with van der Waals surface area (Å²) in [6, 6.07) is 12.6. The Kier molecular flexibility index (Phi) is 3.67. The molecule has 0 aromatic heterocycles. The van der Waals surface area contributed by atoms with Gasteiger partial charge in [-0.15, -0.1) is 0 Å². The van der Waals surface area contributed by atoms with Gasteiger partial charge in [-0.3, -0.25) is 4.90 Å². The van der Waals surface area contributed by atoms with Gasteiger partial charge in [0.2, 0.25) is 0 Å². The van der Waals surface area contributed by atoms with E-state index in [2.05, 4.69) is 35.2 Å². The zero-order valence-corrected chi connectivity index (χ0v) is 11.1. The van der Waals surface area contributed by atoms with Gasteiger partial charge in [-0.2, -0.15) is 0 Å². The van der Waals surface area contributed by atoms with Gasteiger partial charge >= 0.3 is 0 Å². The van der Waals surface area contributed by atoms with E-state index in [9.17, 15) is 0 Å². The molecule has 2 aliphatic heterocycles. The summed E-state index contributed by atoms with van der Waals surface area (Å²) in [5.74, 6) is 0.845. The molecule has 0 radical (unpaired) electrons. The van der Waals surface area contributed by atoms with Gasteiger partial charge in [0.05, 0.1) is 0 Å². The van der Waals surface area contributed by atoms with Crippen LogP contribution in [0.15, 0.2) is 30.3 Å². The van der Waals surface area contributed by atoms with Crippen LogP contribution in [0.25, 0.3) is 0 Å². The number of hydrogen-bond acceptors (Lipinski definition) is 2.